The summed E-state index contributed by atoms with van der Waals surface area (Å²) in [7, 11) is 0. The van der Waals surface area contributed by atoms with Gasteiger partial charge in [0.1, 0.15) is 5.75 Å². The van der Waals surface area contributed by atoms with E-state index >= 15 is 0 Å². The van der Waals surface area contributed by atoms with E-state index in [0.29, 0.717) is 11.4 Å². The number of hydrogen-bond acceptors (Lipinski definition) is 3. The minimum absolute atomic E-state index is 0.273. The van der Waals surface area contributed by atoms with E-state index in [4.69, 9.17) is 4.74 Å². The number of ether oxygens (including phenoxy) is 1. The molecule has 0 saturated carbocycles. The molecule has 3 aromatic carbocycles. The van der Waals surface area contributed by atoms with Crippen LogP contribution in [-0.4, -0.2) is 5.90 Å². The van der Waals surface area contributed by atoms with Gasteiger partial charge in [0.25, 0.3) is 0 Å². The van der Waals surface area contributed by atoms with Gasteiger partial charge in [0.2, 0.25) is 5.90 Å². The van der Waals surface area contributed by atoms with E-state index in [0.717, 1.165) is 17.0 Å². The highest BCUT2D eigenvalue weighted by Crippen LogP contribution is 2.30. The van der Waals surface area contributed by atoms with E-state index in [1.807, 2.05) is 53.9 Å². The van der Waals surface area contributed by atoms with Gasteiger partial charge >= 0.3 is 6.18 Å². The summed E-state index contributed by atoms with van der Waals surface area (Å²) < 4.78 is 44.0. The Morgan fingerprint density at radius 2 is 1.43 bits per heavy atom. The Labute approximate surface area is 165 Å². The maximum atomic E-state index is 12.7. The Morgan fingerprint density at radius 1 is 0.821 bits per heavy atom. The zero-order valence-electron chi connectivity index (χ0n) is 14.6. The van der Waals surface area contributed by atoms with Gasteiger partial charge in [-0.05, 0) is 53.9 Å². The number of aliphatic imine (C=N–C) groups is 1. The number of halogens is 3. The van der Waals surface area contributed by atoms with Crippen LogP contribution < -0.4 is 4.74 Å². The number of thioether (sulfide) groups is 1. The fourth-order valence-electron chi connectivity index (χ4n) is 2.23. The fourth-order valence-corrected chi connectivity index (χ4v) is 2.88. The van der Waals surface area contributed by atoms with Crippen molar-refractivity contribution in [3.05, 3.63) is 102 Å². The molecule has 6 heteroatoms. The van der Waals surface area contributed by atoms with Gasteiger partial charge in [-0.1, -0.05) is 48.2 Å². The Hall–Kier alpha value is -2.99. The summed E-state index contributed by atoms with van der Waals surface area (Å²) >= 11 is 1.49. The van der Waals surface area contributed by atoms with Crippen molar-refractivity contribution in [3.63, 3.8) is 0 Å². The van der Waals surface area contributed by atoms with Crippen LogP contribution in [0.2, 0.25) is 0 Å². The maximum Gasteiger partial charge on any atom is 0.416 e. The van der Waals surface area contributed by atoms with E-state index in [-0.39, 0.29) is 5.90 Å². The number of nitrogens with zero attached hydrogens (tertiary/aromatic N) is 1. The molecule has 28 heavy (non-hydrogen) atoms. The van der Waals surface area contributed by atoms with Crippen LogP contribution in [0.4, 0.5) is 18.9 Å². The lowest BCUT2D eigenvalue weighted by Crippen LogP contribution is -2.05. The number of para-hydroxylation sites is 1. The Balaban J connectivity index is 1.81. The molecule has 0 saturated heterocycles. The normalized spacial score (nSPS) is 12.3. The van der Waals surface area contributed by atoms with Crippen LogP contribution in [-0.2, 0) is 6.18 Å². The van der Waals surface area contributed by atoms with Gasteiger partial charge < -0.3 is 4.74 Å². The van der Waals surface area contributed by atoms with Crippen molar-refractivity contribution in [2.45, 2.75) is 11.1 Å². The minimum Gasteiger partial charge on any atom is -0.439 e. The molecule has 142 valence electrons. The zero-order chi connectivity index (χ0) is 19.8. The summed E-state index contributed by atoms with van der Waals surface area (Å²) in [5.74, 6) is 0.858. The average molecular weight is 399 g/mol. The third-order valence-corrected chi connectivity index (χ3v) is 4.37. The third kappa shape index (κ3) is 6.03. The first-order valence-electron chi connectivity index (χ1n) is 8.38. The molecule has 0 fully saturated rings. The number of alkyl halides is 3. The molecule has 0 radical (unpaired) electrons. The van der Waals surface area contributed by atoms with E-state index in [2.05, 4.69) is 4.99 Å². The molecule has 0 aromatic heterocycles. The van der Waals surface area contributed by atoms with Crippen molar-refractivity contribution in [1.82, 2.24) is 0 Å². The highest BCUT2D eigenvalue weighted by molar-refractivity contribution is 8.02. The first-order valence-corrected chi connectivity index (χ1v) is 9.26. The van der Waals surface area contributed by atoms with Crippen LogP contribution in [0.25, 0.3) is 0 Å². The molecule has 3 aromatic rings. The van der Waals surface area contributed by atoms with Gasteiger partial charge in [0, 0.05) is 11.0 Å². The zero-order valence-corrected chi connectivity index (χ0v) is 15.5. The van der Waals surface area contributed by atoms with Crippen LogP contribution in [0.15, 0.2) is 106 Å². The predicted octanol–water partition coefficient (Wildman–Crippen LogP) is 7.12. The number of rotatable bonds is 5. The average Bonchev–Trinajstić information content (AvgIpc) is 2.69. The molecule has 0 N–H and O–H groups in total. The summed E-state index contributed by atoms with van der Waals surface area (Å²) in [6.45, 7) is 0. The first kappa shape index (κ1) is 19.8. The monoisotopic (exact) mass is 399 g/mol. The van der Waals surface area contributed by atoms with E-state index in [1.165, 1.54) is 23.9 Å². The lowest BCUT2D eigenvalue weighted by molar-refractivity contribution is -0.137. The van der Waals surface area contributed by atoms with E-state index in [9.17, 15) is 13.2 Å². The molecule has 0 bridgehead atoms. The maximum absolute atomic E-state index is 12.7. The Bertz CT molecular complexity index is 937. The molecule has 0 atom stereocenters. The van der Waals surface area contributed by atoms with Crippen molar-refractivity contribution in [1.29, 1.82) is 0 Å². The van der Waals surface area contributed by atoms with E-state index in [1.54, 1.807) is 18.2 Å². The van der Waals surface area contributed by atoms with Crippen molar-refractivity contribution in [2.24, 2.45) is 4.99 Å². The van der Waals surface area contributed by atoms with Gasteiger partial charge in [-0.2, -0.15) is 13.2 Å². The van der Waals surface area contributed by atoms with Crippen molar-refractivity contribution < 1.29 is 17.9 Å². The summed E-state index contributed by atoms with van der Waals surface area (Å²) in [5.41, 5.74) is -0.347. The molecule has 0 aliphatic rings. The van der Waals surface area contributed by atoms with Crippen LogP contribution in [0.1, 0.15) is 5.56 Å². The largest absolute Gasteiger partial charge is 0.439 e. The van der Waals surface area contributed by atoms with Crippen molar-refractivity contribution in [2.75, 3.05) is 0 Å². The molecule has 0 amide bonds. The number of benzene rings is 3. The summed E-state index contributed by atoms with van der Waals surface area (Å²) in [4.78, 5) is 5.38. The lowest BCUT2D eigenvalue weighted by atomic mass is 10.2. The lowest BCUT2D eigenvalue weighted by Gasteiger charge is -2.08. The fraction of sp³-hybridized carbons (Fsp3) is 0.0455. The van der Waals surface area contributed by atoms with E-state index < -0.39 is 11.7 Å². The minimum atomic E-state index is -4.38. The second-order valence-corrected chi connectivity index (χ2v) is 6.62. The molecular weight excluding hydrogens is 383 g/mol. The van der Waals surface area contributed by atoms with Gasteiger partial charge in [-0.3, -0.25) is 0 Å². The van der Waals surface area contributed by atoms with Gasteiger partial charge in [-0.15, -0.1) is 0 Å². The van der Waals surface area contributed by atoms with Crippen LogP contribution in [0.3, 0.4) is 0 Å². The van der Waals surface area contributed by atoms with Crippen LogP contribution in [0, 0.1) is 0 Å². The molecule has 0 spiro atoms. The predicted molar refractivity (Wildman–Crippen MR) is 107 cm³/mol. The molecule has 3 rings (SSSR count). The van der Waals surface area contributed by atoms with Crippen LogP contribution in [0.5, 0.6) is 5.75 Å². The summed E-state index contributed by atoms with van der Waals surface area (Å²) in [5, 5.41) is 1.82. The number of hydrogen-bond donors (Lipinski definition) is 0. The topological polar surface area (TPSA) is 21.6 Å². The Kier molecular flexibility index (Phi) is 6.55. The van der Waals surface area contributed by atoms with Gasteiger partial charge in [0.15, 0.2) is 0 Å². The summed E-state index contributed by atoms with van der Waals surface area (Å²) in [6, 6.07) is 23.5. The molecule has 0 aliphatic carbocycles. The highest BCUT2D eigenvalue weighted by Gasteiger charge is 2.29. The molecule has 0 heterocycles. The quantitative estimate of drug-likeness (QED) is 0.259. The second-order valence-electron chi connectivity index (χ2n) is 5.64. The first-order chi connectivity index (χ1) is 13.5. The standard InChI is InChI=1S/C22H16F3NOS/c23-22(24,25)17-11-13-18(14-12-17)26-21(27-19-7-3-1-4-8-19)15-16-28-20-9-5-2-6-10-20/h1-16H. The second kappa shape index (κ2) is 9.28. The molecule has 0 aliphatic heterocycles. The highest BCUT2D eigenvalue weighted by atomic mass is 32.2. The SMILES string of the molecule is FC(F)(F)c1ccc(N=C(C=CSc2ccccc2)Oc2ccccc2)cc1. The van der Waals surface area contributed by atoms with Gasteiger partial charge in [0.05, 0.1) is 11.3 Å². The van der Waals surface area contributed by atoms with Crippen LogP contribution >= 0.6 is 11.8 Å². The van der Waals surface area contributed by atoms with Crippen molar-refractivity contribution in [3.8, 4) is 5.75 Å². The molecule has 2 nitrogen and oxygen atoms in total. The van der Waals surface area contributed by atoms with Gasteiger partial charge in [-0.25, -0.2) is 4.99 Å². The molecular formula is C22H16F3NOS. The summed E-state index contributed by atoms with van der Waals surface area (Å²) in [6.07, 6.45) is -2.69. The smallest absolute Gasteiger partial charge is 0.416 e. The Morgan fingerprint density at radius 3 is 2.04 bits per heavy atom. The third-order valence-electron chi connectivity index (χ3n) is 3.56. The van der Waals surface area contributed by atoms with Crippen molar-refractivity contribution >= 4 is 23.3 Å². The molecule has 0 unspecified atom stereocenters.